The molecule has 0 saturated carbocycles. The number of hydrogen-bond acceptors (Lipinski definition) is 6. The molecule has 0 saturated heterocycles. The van der Waals surface area contributed by atoms with Gasteiger partial charge in [-0.1, -0.05) is 18.2 Å². The van der Waals surface area contributed by atoms with Crippen LogP contribution in [-0.4, -0.2) is 39.6 Å². The van der Waals surface area contributed by atoms with Gasteiger partial charge >= 0.3 is 0 Å². The van der Waals surface area contributed by atoms with Crippen LogP contribution in [0.3, 0.4) is 0 Å². The highest BCUT2D eigenvalue weighted by atomic mass is 32.1. The van der Waals surface area contributed by atoms with Crippen molar-refractivity contribution < 1.29 is 4.79 Å². The van der Waals surface area contributed by atoms with Crippen LogP contribution in [-0.2, 0) is 13.0 Å². The highest BCUT2D eigenvalue weighted by molar-refractivity contribution is 7.15. The highest BCUT2D eigenvalue weighted by Gasteiger charge is 2.20. The van der Waals surface area contributed by atoms with E-state index in [9.17, 15) is 9.59 Å². The van der Waals surface area contributed by atoms with Crippen molar-refractivity contribution in [2.24, 2.45) is 0 Å². The van der Waals surface area contributed by atoms with Crippen LogP contribution in [0.25, 0.3) is 10.8 Å². The van der Waals surface area contributed by atoms with Gasteiger partial charge in [0.2, 0.25) is 0 Å². The molecule has 0 unspecified atom stereocenters. The first-order valence-electron chi connectivity index (χ1n) is 7.58. The van der Waals surface area contributed by atoms with E-state index in [2.05, 4.69) is 32.4 Å². The van der Waals surface area contributed by atoms with E-state index in [4.69, 9.17) is 0 Å². The van der Waals surface area contributed by atoms with Crippen LogP contribution in [0.15, 0.2) is 29.1 Å². The molecule has 1 aliphatic heterocycles. The number of aromatic nitrogens is 3. The second kappa shape index (κ2) is 5.81. The van der Waals surface area contributed by atoms with Crippen molar-refractivity contribution in [3.8, 4) is 0 Å². The van der Waals surface area contributed by atoms with Crippen molar-refractivity contribution in [1.82, 2.24) is 20.1 Å². The van der Waals surface area contributed by atoms with Crippen LogP contribution in [0.1, 0.15) is 21.1 Å². The van der Waals surface area contributed by atoms with Crippen LogP contribution in [0.5, 0.6) is 0 Å². The topological polar surface area (TPSA) is 91.0 Å². The van der Waals surface area contributed by atoms with Crippen LogP contribution in [0.2, 0.25) is 0 Å². The summed E-state index contributed by atoms with van der Waals surface area (Å²) in [7, 11) is 2.07. The van der Waals surface area contributed by atoms with Crippen molar-refractivity contribution in [3.63, 3.8) is 0 Å². The number of likely N-dealkylation sites (N-methyl/N-ethyl adjacent to an activating group) is 1. The molecule has 0 radical (unpaired) electrons. The highest BCUT2D eigenvalue weighted by Crippen LogP contribution is 2.28. The summed E-state index contributed by atoms with van der Waals surface area (Å²) in [6, 6.07) is 6.92. The summed E-state index contributed by atoms with van der Waals surface area (Å²) in [6.07, 6.45) is 0.887. The van der Waals surface area contributed by atoms with E-state index in [1.165, 1.54) is 16.2 Å². The Kier molecular flexibility index (Phi) is 3.62. The van der Waals surface area contributed by atoms with Crippen LogP contribution in [0, 0.1) is 0 Å². The average Bonchev–Trinajstić information content (AvgIpc) is 2.96. The van der Waals surface area contributed by atoms with Gasteiger partial charge in [0.25, 0.3) is 11.5 Å². The van der Waals surface area contributed by atoms with E-state index < -0.39 is 0 Å². The van der Waals surface area contributed by atoms with Crippen molar-refractivity contribution in [2.75, 3.05) is 18.9 Å². The molecule has 2 aromatic heterocycles. The Bertz CT molecular complexity index is 994. The number of carbonyl (C=O) groups excluding carboxylic acids is 1. The minimum Gasteiger partial charge on any atom is -0.301 e. The van der Waals surface area contributed by atoms with Crippen molar-refractivity contribution in [1.29, 1.82) is 0 Å². The lowest BCUT2D eigenvalue weighted by molar-refractivity contribution is 0.102. The third-order valence-corrected chi connectivity index (χ3v) is 5.05. The van der Waals surface area contributed by atoms with Gasteiger partial charge in [0.15, 0.2) is 10.8 Å². The molecule has 2 N–H and O–H groups in total. The number of carbonyl (C=O) groups is 1. The van der Waals surface area contributed by atoms with Gasteiger partial charge < -0.3 is 4.90 Å². The number of hydrogen-bond donors (Lipinski definition) is 2. The van der Waals surface area contributed by atoms with Gasteiger partial charge in [-0.3, -0.25) is 14.9 Å². The summed E-state index contributed by atoms with van der Waals surface area (Å²) in [5.74, 6) is -0.373. The molecule has 1 amide bonds. The third-order valence-electron chi connectivity index (χ3n) is 4.05. The van der Waals surface area contributed by atoms with E-state index in [1.807, 2.05) is 0 Å². The summed E-state index contributed by atoms with van der Waals surface area (Å²) in [6.45, 7) is 1.82. The van der Waals surface area contributed by atoms with Crippen molar-refractivity contribution >= 4 is 33.1 Å². The van der Waals surface area contributed by atoms with Gasteiger partial charge in [0.05, 0.1) is 11.1 Å². The number of anilines is 1. The molecule has 24 heavy (non-hydrogen) atoms. The van der Waals surface area contributed by atoms with Gasteiger partial charge in [-0.15, -0.1) is 11.3 Å². The Balaban J connectivity index is 1.66. The summed E-state index contributed by atoms with van der Waals surface area (Å²) in [4.78, 5) is 32.3. The largest absolute Gasteiger partial charge is 0.301 e. The molecule has 0 aliphatic carbocycles. The minimum absolute atomic E-state index is 0.190. The van der Waals surface area contributed by atoms with Gasteiger partial charge in [-0.25, -0.2) is 10.1 Å². The standard InChI is InChI=1S/C16H15N5O2S/c1-21-7-6-11-12(8-21)24-16(17-11)18-15(23)13-9-4-2-3-5-10(9)14(22)20-19-13/h2-5H,6-8H2,1H3,(H,20,22)(H,17,18,23). The number of benzene rings is 1. The molecule has 3 heterocycles. The first-order valence-corrected chi connectivity index (χ1v) is 8.39. The predicted octanol–water partition coefficient (Wildman–Crippen LogP) is 1.62. The smallest absolute Gasteiger partial charge is 0.278 e. The molecule has 8 heteroatoms. The Morgan fingerprint density at radius 2 is 2.12 bits per heavy atom. The van der Waals surface area contributed by atoms with E-state index >= 15 is 0 Å². The first kappa shape index (κ1) is 15.0. The quantitative estimate of drug-likeness (QED) is 0.739. The first-order chi connectivity index (χ1) is 11.6. The molecule has 4 rings (SSSR count). The average molecular weight is 341 g/mol. The lowest BCUT2D eigenvalue weighted by Gasteiger charge is -2.20. The van der Waals surface area contributed by atoms with Crippen LogP contribution >= 0.6 is 11.3 Å². The third kappa shape index (κ3) is 2.59. The van der Waals surface area contributed by atoms with Gasteiger partial charge in [-0.2, -0.15) is 5.10 Å². The fourth-order valence-corrected chi connectivity index (χ4v) is 3.90. The number of rotatable bonds is 2. The molecule has 3 aromatic rings. The number of thiazole rings is 1. The van der Waals surface area contributed by atoms with Crippen molar-refractivity contribution in [2.45, 2.75) is 13.0 Å². The number of amides is 1. The second-order valence-corrected chi connectivity index (χ2v) is 6.86. The second-order valence-electron chi connectivity index (χ2n) is 5.78. The van der Waals surface area contributed by atoms with Crippen LogP contribution < -0.4 is 10.9 Å². The molecule has 0 atom stereocenters. The molecule has 122 valence electrons. The Hall–Kier alpha value is -2.58. The maximum atomic E-state index is 12.6. The SMILES string of the molecule is CN1CCc2nc(NC(=O)c3n[nH]c(=O)c4ccccc34)sc2C1. The Labute approximate surface area is 141 Å². The monoisotopic (exact) mass is 341 g/mol. The minimum atomic E-state index is -0.373. The Morgan fingerprint density at radius 1 is 1.33 bits per heavy atom. The predicted molar refractivity (Wildman–Crippen MR) is 92.5 cm³/mol. The summed E-state index contributed by atoms with van der Waals surface area (Å²) < 4.78 is 0. The number of fused-ring (bicyclic) bond motifs is 2. The molecule has 7 nitrogen and oxygen atoms in total. The molecule has 1 aromatic carbocycles. The zero-order valence-electron chi connectivity index (χ0n) is 13.0. The lowest BCUT2D eigenvalue weighted by Crippen LogP contribution is -2.25. The van der Waals surface area contributed by atoms with Gasteiger partial charge in [0.1, 0.15) is 0 Å². The zero-order chi connectivity index (χ0) is 16.7. The summed E-state index contributed by atoms with van der Waals surface area (Å²) in [5.41, 5.74) is 0.929. The van der Waals surface area contributed by atoms with Crippen LogP contribution in [0.4, 0.5) is 5.13 Å². The lowest BCUT2D eigenvalue weighted by atomic mass is 10.1. The fourth-order valence-electron chi connectivity index (χ4n) is 2.82. The molecule has 0 fully saturated rings. The molecular weight excluding hydrogens is 326 g/mol. The van der Waals surface area contributed by atoms with E-state index in [1.54, 1.807) is 24.3 Å². The maximum Gasteiger partial charge on any atom is 0.278 e. The molecule has 1 aliphatic rings. The molecular formula is C16H15N5O2S. The van der Waals surface area contributed by atoms with Crippen molar-refractivity contribution in [3.05, 3.63) is 50.9 Å². The molecule has 0 spiro atoms. The number of aromatic amines is 1. The van der Waals surface area contributed by atoms with E-state index in [-0.39, 0.29) is 17.2 Å². The normalized spacial score (nSPS) is 14.5. The summed E-state index contributed by atoms with van der Waals surface area (Å²) in [5, 5.41) is 10.6. The number of nitrogens with zero attached hydrogens (tertiary/aromatic N) is 3. The van der Waals surface area contributed by atoms with Gasteiger partial charge in [0, 0.05) is 29.8 Å². The number of nitrogens with one attached hydrogen (secondary N) is 2. The number of H-pyrrole nitrogens is 1. The Morgan fingerprint density at radius 3 is 2.96 bits per heavy atom. The maximum absolute atomic E-state index is 12.6. The van der Waals surface area contributed by atoms with E-state index in [0.717, 1.165) is 25.2 Å². The molecule has 0 bridgehead atoms. The van der Waals surface area contributed by atoms with E-state index in [0.29, 0.717) is 15.9 Å². The van der Waals surface area contributed by atoms with Gasteiger partial charge in [-0.05, 0) is 13.1 Å². The fraction of sp³-hybridized carbons (Fsp3) is 0.250. The zero-order valence-corrected chi connectivity index (χ0v) is 13.8. The summed E-state index contributed by atoms with van der Waals surface area (Å²) >= 11 is 1.49.